The molecule has 55 valence electrons. The third-order valence-electron chi connectivity index (χ3n) is 1.22. The molecule has 0 aliphatic carbocycles. The number of hydrogen-bond acceptors (Lipinski definition) is 2. The first kappa shape index (κ1) is 8.91. The zero-order valence-corrected chi connectivity index (χ0v) is 6.53. The molecule has 0 aromatic carbocycles. The molecule has 1 N–H and O–H groups in total. The zero-order chi connectivity index (χ0) is 7.49. The molecule has 3 nitrogen and oxygen atoms in total. The van der Waals surface area contributed by atoms with Gasteiger partial charge in [-0.05, 0) is 13.3 Å². The van der Waals surface area contributed by atoms with Gasteiger partial charge in [-0.1, -0.05) is 13.3 Å². The van der Waals surface area contributed by atoms with E-state index >= 15 is 0 Å². The van der Waals surface area contributed by atoms with E-state index in [2.05, 4.69) is 0 Å². The van der Waals surface area contributed by atoms with Gasteiger partial charge in [-0.15, -0.1) is 5.14 Å². The van der Waals surface area contributed by atoms with E-state index in [4.69, 9.17) is 5.14 Å². The van der Waals surface area contributed by atoms with Crippen LogP contribution in [0.2, 0.25) is 0 Å². The first-order chi connectivity index (χ1) is 3.98. The Morgan fingerprint density at radius 1 is 1.56 bits per heavy atom. The summed E-state index contributed by atoms with van der Waals surface area (Å²) in [6, 6.07) is 0. The molecule has 1 radical (unpaired) electrons. The number of sulfonamides is 1. The van der Waals surface area contributed by atoms with Gasteiger partial charge in [0.05, 0.1) is 5.25 Å². The predicted octanol–water partition coefficient (Wildman–Crippen LogP) is 0.788. The fourth-order valence-corrected chi connectivity index (χ4v) is 1.11. The van der Waals surface area contributed by atoms with Crippen LogP contribution in [0.5, 0.6) is 0 Å². The van der Waals surface area contributed by atoms with Crippen LogP contribution >= 0.6 is 0 Å². The smallest absolute Gasteiger partial charge is 0.211 e. The van der Waals surface area contributed by atoms with Crippen LogP contribution in [0.4, 0.5) is 0 Å². The number of nitrogens with one attached hydrogen (secondary N) is 1. The van der Waals surface area contributed by atoms with Crippen molar-refractivity contribution < 1.29 is 8.42 Å². The third kappa shape index (κ3) is 3.48. The molecule has 0 aliphatic heterocycles. The number of hydrogen-bond donors (Lipinski definition) is 0. The van der Waals surface area contributed by atoms with Gasteiger partial charge in [-0.2, -0.15) is 0 Å². The third-order valence-corrected chi connectivity index (χ3v) is 2.52. The van der Waals surface area contributed by atoms with Gasteiger partial charge in [0.1, 0.15) is 0 Å². The zero-order valence-electron chi connectivity index (χ0n) is 5.72. The molecule has 0 bridgehead atoms. The topological polar surface area (TPSA) is 57.9 Å². The Morgan fingerprint density at radius 3 is 2.11 bits per heavy atom. The SMILES string of the molecule is CCCC(C)S([NH])(=O)=O. The maximum atomic E-state index is 10.4. The fourth-order valence-electron chi connectivity index (χ4n) is 0.562. The molecule has 1 atom stereocenters. The average molecular weight is 150 g/mol. The van der Waals surface area contributed by atoms with Crippen molar-refractivity contribution in [3.8, 4) is 0 Å². The van der Waals surface area contributed by atoms with Gasteiger partial charge >= 0.3 is 0 Å². The molecule has 0 rings (SSSR count). The molecule has 0 heterocycles. The van der Waals surface area contributed by atoms with E-state index in [9.17, 15) is 8.42 Å². The van der Waals surface area contributed by atoms with Crippen LogP contribution in [0.25, 0.3) is 0 Å². The second kappa shape index (κ2) is 3.17. The van der Waals surface area contributed by atoms with E-state index in [1.807, 2.05) is 6.92 Å². The second-order valence-corrected chi connectivity index (χ2v) is 4.04. The average Bonchev–Trinajstić information content (AvgIpc) is 1.64. The van der Waals surface area contributed by atoms with E-state index in [0.717, 1.165) is 6.42 Å². The van der Waals surface area contributed by atoms with E-state index in [1.165, 1.54) is 0 Å². The largest absolute Gasteiger partial charge is 0.227 e. The Bertz CT molecular complexity index is 162. The predicted molar refractivity (Wildman–Crippen MR) is 36.4 cm³/mol. The Kier molecular flexibility index (Phi) is 3.14. The molecule has 0 fully saturated rings. The van der Waals surface area contributed by atoms with Gasteiger partial charge < -0.3 is 0 Å². The molecule has 0 spiro atoms. The fraction of sp³-hybridized carbons (Fsp3) is 1.00. The van der Waals surface area contributed by atoms with Gasteiger partial charge in [0.15, 0.2) is 0 Å². The minimum Gasteiger partial charge on any atom is -0.211 e. The van der Waals surface area contributed by atoms with Crippen LogP contribution in [0, 0.1) is 0 Å². The molecule has 0 aromatic heterocycles. The molecule has 0 saturated carbocycles. The van der Waals surface area contributed by atoms with Gasteiger partial charge in [0.25, 0.3) is 0 Å². The first-order valence-electron chi connectivity index (χ1n) is 2.97. The van der Waals surface area contributed by atoms with Crippen molar-refractivity contribution in [1.82, 2.24) is 5.14 Å². The maximum Gasteiger partial charge on any atom is 0.227 e. The highest BCUT2D eigenvalue weighted by molar-refractivity contribution is 7.89. The normalized spacial score (nSPS) is 15.4. The Hall–Kier alpha value is -0.0900. The first-order valence-corrected chi connectivity index (χ1v) is 4.51. The number of rotatable bonds is 3. The lowest BCUT2D eigenvalue weighted by Crippen LogP contribution is -2.17. The summed E-state index contributed by atoms with van der Waals surface area (Å²) >= 11 is 0. The molecule has 9 heavy (non-hydrogen) atoms. The second-order valence-electron chi connectivity index (χ2n) is 2.14. The van der Waals surface area contributed by atoms with Gasteiger partial charge in [-0.25, -0.2) is 8.42 Å². The van der Waals surface area contributed by atoms with Gasteiger partial charge in [0, 0.05) is 0 Å². The van der Waals surface area contributed by atoms with Crippen LogP contribution in [0.3, 0.4) is 0 Å². The maximum absolute atomic E-state index is 10.4. The quantitative estimate of drug-likeness (QED) is 0.597. The van der Waals surface area contributed by atoms with Gasteiger partial charge in [-0.3, -0.25) is 0 Å². The highest BCUT2D eigenvalue weighted by Crippen LogP contribution is 2.03. The van der Waals surface area contributed by atoms with E-state index in [-0.39, 0.29) is 0 Å². The Morgan fingerprint density at radius 2 is 2.00 bits per heavy atom. The lowest BCUT2D eigenvalue weighted by molar-refractivity contribution is 0.576. The summed E-state index contributed by atoms with van der Waals surface area (Å²) in [6.07, 6.45) is 1.41. The minimum absolute atomic E-state index is 0.498. The minimum atomic E-state index is -3.51. The highest BCUT2D eigenvalue weighted by atomic mass is 32.2. The summed E-state index contributed by atoms with van der Waals surface area (Å²) in [5.41, 5.74) is 0. The van der Waals surface area contributed by atoms with Crippen molar-refractivity contribution in [3.63, 3.8) is 0 Å². The van der Waals surface area contributed by atoms with Crippen molar-refractivity contribution in [2.45, 2.75) is 31.9 Å². The molecule has 1 unspecified atom stereocenters. The summed E-state index contributed by atoms with van der Waals surface area (Å²) < 4.78 is 20.8. The van der Waals surface area contributed by atoms with E-state index in [0.29, 0.717) is 6.42 Å². The summed E-state index contributed by atoms with van der Waals surface area (Å²) in [5, 5.41) is 6.12. The van der Waals surface area contributed by atoms with Crippen molar-refractivity contribution in [2.24, 2.45) is 0 Å². The molecule has 0 aliphatic rings. The van der Waals surface area contributed by atoms with E-state index < -0.39 is 15.3 Å². The Balaban J connectivity index is 3.90. The standard InChI is InChI=1S/C5H12NO2S/c1-3-4-5(2)9(6,7)8/h5-6H,3-4H2,1-2H3. The van der Waals surface area contributed by atoms with Gasteiger partial charge in [0.2, 0.25) is 10.0 Å². The molecule has 0 aromatic rings. The molecular weight excluding hydrogens is 138 g/mol. The monoisotopic (exact) mass is 150 g/mol. The van der Waals surface area contributed by atoms with Crippen LogP contribution in [-0.2, 0) is 10.0 Å². The molecular formula is C5H12NO2S. The van der Waals surface area contributed by atoms with Crippen LogP contribution in [0.1, 0.15) is 26.7 Å². The highest BCUT2D eigenvalue weighted by Gasteiger charge is 2.13. The van der Waals surface area contributed by atoms with Crippen LogP contribution in [-0.4, -0.2) is 13.7 Å². The van der Waals surface area contributed by atoms with Crippen molar-refractivity contribution in [1.29, 1.82) is 0 Å². The summed E-state index contributed by atoms with van der Waals surface area (Å²) in [4.78, 5) is 0. The summed E-state index contributed by atoms with van der Waals surface area (Å²) in [5.74, 6) is 0. The summed E-state index contributed by atoms with van der Waals surface area (Å²) in [7, 11) is -3.51. The van der Waals surface area contributed by atoms with Crippen LogP contribution < -0.4 is 5.14 Å². The molecule has 4 heteroatoms. The Labute approximate surface area is 56.3 Å². The summed E-state index contributed by atoms with van der Waals surface area (Å²) in [6.45, 7) is 3.47. The van der Waals surface area contributed by atoms with Crippen molar-refractivity contribution in [2.75, 3.05) is 0 Å². The van der Waals surface area contributed by atoms with E-state index in [1.54, 1.807) is 6.92 Å². The molecule has 0 saturated heterocycles. The lowest BCUT2D eigenvalue weighted by atomic mass is 10.3. The van der Waals surface area contributed by atoms with Crippen molar-refractivity contribution in [3.05, 3.63) is 0 Å². The lowest BCUT2D eigenvalue weighted by Gasteiger charge is -2.03. The molecule has 0 amide bonds. The van der Waals surface area contributed by atoms with Crippen LogP contribution in [0.15, 0.2) is 0 Å². The van der Waals surface area contributed by atoms with Crippen molar-refractivity contribution >= 4 is 10.0 Å².